The number of primary sulfonamides is 1. The number of benzene rings is 2. The Labute approximate surface area is 173 Å². The molecule has 4 N–H and O–H groups in total. The molecule has 2 heterocycles. The number of nitrogens with one attached hydrogen (secondary N) is 2. The number of hydrogen-bond donors (Lipinski definition) is 3. The Morgan fingerprint density at radius 3 is 2.33 bits per heavy atom. The highest BCUT2D eigenvalue weighted by molar-refractivity contribution is 7.89. The zero-order valence-electron chi connectivity index (χ0n) is 16.6. The third-order valence-corrected chi connectivity index (χ3v) is 5.42. The molecule has 2 aromatic carbocycles. The fraction of sp³-hybridized carbons (Fsp3) is 0.150. The van der Waals surface area contributed by atoms with E-state index in [0.717, 1.165) is 22.4 Å². The SMILES string of the molecule is Cc1cc(C)c(Oc2nc(Nc3ccc(S(N)(=O)=O)cc3)nc3nc[nH]c23)c(C)c1. The van der Waals surface area contributed by atoms with E-state index in [2.05, 4.69) is 25.3 Å². The Bertz CT molecular complexity index is 1320. The number of imidazole rings is 1. The van der Waals surface area contributed by atoms with Crippen LogP contribution < -0.4 is 15.2 Å². The van der Waals surface area contributed by atoms with Crippen molar-refractivity contribution >= 4 is 32.8 Å². The lowest BCUT2D eigenvalue weighted by atomic mass is 10.1. The van der Waals surface area contributed by atoms with Crippen molar-refractivity contribution < 1.29 is 13.2 Å². The number of anilines is 2. The predicted molar refractivity (Wildman–Crippen MR) is 114 cm³/mol. The summed E-state index contributed by atoms with van der Waals surface area (Å²) in [6.45, 7) is 5.99. The molecule has 0 aliphatic heterocycles. The number of aromatic nitrogens is 4. The lowest BCUT2D eigenvalue weighted by molar-refractivity contribution is 0.461. The van der Waals surface area contributed by atoms with Gasteiger partial charge in [0.05, 0.1) is 11.2 Å². The Hall–Kier alpha value is -3.50. The first-order valence-corrected chi connectivity index (χ1v) is 10.6. The van der Waals surface area contributed by atoms with Crippen LogP contribution in [-0.2, 0) is 10.0 Å². The van der Waals surface area contributed by atoms with Gasteiger partial charge in [0.1, 0.15) is 11.3 Å². The maximum absolute atomic E-state index is 11.4. The standard InChI is InChI=1S/C20H20N6O3S/c1-11-8-12(2)17(13(3)9-11)29-19-16-18(23-10-22-16)25-20(26-19)24-14-4-6-15(7-5-14)30(21,27)28/h4-10H,1-3H3,(H2,21,27,28)(H2,22,23,24,25,26). The monoisotopic (exact) mass is 424 g/mol. The molecule has 0 saturated heterocycles. The molecule has 0 fully saturated rings. The van der Waals surface area contributed by atoms with Crippen LogP contribution in [0.1, 0.15) is 16.7 Å². The van der Waals surface area contributed by atoms with E-state index in [1.54, 1.807) is 12.1 Å². The highest BCUT2D eigenvalue weighted by Gasteiger charge is 2.15. The van der Waals surface area contributed by atoms with Crippen molar-refractivity contribution in [2.45, 2.75) is 25.7 Å². The number of nitrogens with two attached hydrogens (primary N) is 1. The Morgan fingerprint density at radius 1 is 1.03 bits per heavy atom. The summed E-state index contributed by atoms with van der Waals surface area (Å²) >= 11 is 0. The molecule has 0 radical (unpaired) electrons. The molecule has 0 saturated carbocycles. The van der Waals surface area contributed by atoms with Crippen molar-refractivity contribution in [2.24, 2.45) is 5.14 Å². The van der Waals surface area contributed by atoms with Crippen molar-refractivity contribution in [1.82, 2.24) is 19.9 Å². The van der Waals surface area contributed by atoms with Gasteiger partial charge in [-0.3, -0.25) is 0 Å². The number of aryl methyl sites for hydroxylation is 3. The van der Waals surface area contributed by atoms with E-state index in [1.165, 1.54) is 18.5 Å². The van der Waals surface area contributed by atoms with Gasteiger partial charge < -0.3 is 15.0 Å². The topological polar surface area (TPSA) is 136 Å². The van der Waals surface area contributed by atoms with Crippen LogP contribution in [0.4, 0.5) is 11.6 Å². The van der Waals surface area contributed by atoms with E-state index >= 15 is 0 Å². The zero-order chi connectivity index (χ0) is 21.5. The number of hydrogen-bond acceptors (Lipinski definition) is 7. The summed E-state index contributed by atoms with van der Waals surface area (Å²) in [5.41, 5.74) is 4.73. The average molecular weight is 424 g/mol. The van der Waals surface area contributed by atoms with Gasteiger partial charge in [0.2, 0.25) is 16.0 Å². The van der Waals surface area contributed by atoms with Crippen LogP contribution in [0.3, 0.4) is 0 Å². The summed E-state index contributed by atoms with van der Waals surface area (Å²) in [5, 5.41) is 8.17. The molecule has 2 aromatic heterocycles. The van der Waals surface area contributed by atoms with E-state index in [9.17, 15) is 8.42 Å². The summed E-state index contributed by atoms with van der Waals surface area (Å²) in [4.78, 5) is 16.1. The van der Waals surface area contributed by atoms with Gasteiger partial charge >= 0.3 is 0 Å². The Balaban J connectivity index is 1.70. The molecule has 4 aromatic rings. The maximum Gasteiger partial charge on any atom is 0.250 e. The lowest BCUT2D eigenvalue weighted by Crippen LogP contribution is -2.11. The molecular formula is C20H20N6O3S. The molecule has 0 aliphatic carbocycles. The average Bonchev–Trinajstić information content (AvgIpc) is 3.13. The van der Waals surface area contributed by atoms with Crippen molar-refractivity contribution in [3.8, 4) is 11.6 Å². The van der Waals surface area contributed by atoms with E-state index in [0.29, 0.717) is 22.7 Å². The van der Waals surface area contributed by atoms with Gasteiger partial charge in [-0.25, -0.2) is 18.5 Å². The molecule has 0 bridgehead atoms. The summed E-state index contributed by atoms with van der Waals surface area (Å²) in [5.74, 6) is 1.31. The molecule has 4 rings (SSSR count). The van der Waals surface area contributed by atoms with Gasteiger partial charge in [0.15, 0.2) is 5.65 Å². The summed E-state index contributed by atoms with van der Waals surface area (Å²) < 4.78 is 29.0. The van der Waals surface area contributed by atoms with E-state index < -0.39 is 10.0 Å². The number of aromatic amines is 1. The Morgan fingerprint density at radius 2 is 1.70 bits per heavy atom. The second-order valence-corrected chi connectivity index (χ2v) is 8.54. The second kappa shape index (κ2) is 7.39. The highest BCUT2D eigenvalue weighted by atomic mass is 32.2. The van der Waals surface area contributed by atoms with Crippen LogP contribution in [0.5, 0.6) is 11.6 Å². The van der Waals surface area contributed by atoms with Gasteiger partial charge in [-0.1, -0.05) is 17.7 Å². The van der Waals surface area contributed by atoms with Gasteiger partial charge in [-0.2, -0.15) is 9.97 Å². The molecular weight excluding hydrogens is 404 g/mol. The molecule has 9 nitrogen and oxygen atoms in total. The van der Waals surface area contributed by atoms with Crippen LogP contribution in [0, 0.1) is 20.8 Å². The molecule has 0 atom stereocenters. The maximum atomic E-state index is 11.4. The number of nitrogens with zero attached hydrogens (tertiary/aromatic N) is 3. The van der Waals surface area contributed by atoms with E-state index in [1.807, 2.05) is 32.9 Å². The first-order valence-electron chi connectivity index (χ1n) is 9.07. The number of rotatable bonds is 5. The minimum atomic E-state index is -3.76. The minimum Gasteiger partial charge on any atom is -0.436 e. The number of H-pyrrole nitrogens is 1. The third-order valence-electron chi connectivity index (χ3n) is 4.49. The molecule has 0 spiro atoms. The van der Waals surface area contributed by atoms with Gasteiger partial charge in [-0.05, 0) is 56.2 Å². The number of sulfonamides is 1. The number of fused-ring (bicyclic) bond motifs is 1. The van der Waals surface area contributed by atoms with Crippen molar-refractivity contribution in [2.75, 3.05) is 5.32 Å². The minimum absolute atomic E-state index is 0.0195. The summed E-state index contributed by atoms with van der Waals surface area (Å²) in [7, 11) is -3.76. The van der Waals surface area contributed by atoms with Crippen molar-refractivity contribution in [1.29, 1.82) is 0 Å². The predicted octanol–water partition coefficient (Wildman–Crippen LogP) is 3.46. The first-order chi connectivity index (χ1) is 14.2. The summed E-state index contributed by atoms with van der Waals surface area (Å²) in [6, 6.07) is 10.0. The molecule has 10 heteroatoms. The highest BCUT2D eigenvalue weighted by Crippen LogP contribution is 2.32. The quantitative estimate of drug-likeness (QED) is 0.446. The molecule has 154 valence electrons. The summed E-state index contributed by atoms with van der Waals surface area (Å²) in [6.07, 6.45) is 1.52. The fourth-order valence-electron chi connectivity index (χ4n) is 3.22. The van der Waals surface area contributed by atoms with Crippen LogP contribution in [0.2, 0.25) is 0 Å². The first kappa shape index (κ1) is 19.8. The van der Waals surface area contributed by atoms with Crippen molar-refractivity contribution in [3.63, 3.8) is 0 Å². The largest absolute Gasteiger partial charge is 0.436 e. The fourth-order valence-corrected chi connectivity index (χ4v) is 3.73. The number of ether oxygens (including phenoxy) is 1. The smallest absolute Gasteiger partial charge is 0.250 e. The van der Waals surface area contributed by atoms with Gasteiger partial charge in [0, 0.05) is 5.69 Å². The molecule has 0 aliphatic rings. The van der Waals surface area contributed by atoms with Gasteiger partial charge in [0.25, 0.3) is 5.88 Å². The van der Waals surface area contributed by atoms with E-state index in [-0.39, 0.29) is 10.8 Å². The molecule has 0 amide bonds. The molecule has 0 unspecified atom stereocenters. The van der Waals surface area contributed by atoms with Crippen LogP contribution >= 0.6 is 0 Å². The van der Waals surface area contributed by atoms with Crippen LogP contribution in [0.25, 0.3) is 11.2 Å². The van der Waals surface area contributed by atoms with Crippen LogP contribution in [-0.4, -0.2) is 28.4 Å². The lowest BCUT2D eigenvalue weighted by Gasteiger charge is -2.13. The Kier molecular flexibility index (Phi) is 4.88. The van der Waals surface area contributed by atoms with E-state index in [4.69, 9.17) is 9.88 Å². The molecule has 30 heavy (non-hydrogen) atoms. The zero-order valence-corrected chi connectivity index (χ0v) is 17.4. The second-order valence-electron chi connectivity index (χ2n) is 6.98. The normalized spacial score (nSPS) is 11.6. The third kappa shape index (κ3) is 3.95. The van der Waals surface area contributed by atoms with Crippen molar-refractivity contribution in [3.05, 3.63) is 59.4 Å². The van der Waals surface area contributed by atoms with Crippen LogP contribution in [0.15, 0.2) is 47.6 Å². The van der Waals surface area contributed by atoms with Gasteiger partial charge in [-0.15, -0.1) is 0 Å².